The van der Waals surface area contributed by atoms with Gasteiger partial charge in [-0.15, -0.1) is 0 Å². The number of esters is 2. The van der Waals surface area contributed by atoms with Gasteiger partial charge >= 0.3 is 11.9 Å². The van der Waals surface area contributed by atoms with Gasteiger partial charge in [0.1, 0.15) is 6.42 Å². The molecule has 1 heterocycles. The van der Waals surface area contributed by atoms with Gasteiger partial charge in [-0.05, 0) is 50.6 Å². The predicted molar refractivity (Wildman–Crippen MR) is 106 cm³/mol. The molecule has 2 rings (SSSR count). The zero-order valence-electron chi connectivity index (χ0n) is 17.0. The minimum absolute atomic E-state index is 0.170. The van der Waals surface area contributed by atoms with E-state index in [9.17, 15) is 19.2 Å². The molecule has 1 aromatic heterocycles. The second-order valence-corrected chi connectivity index (χ2v) is 6.49. The van der Waals surface area contributed by atoms with E-state index in [-0.39, 0.29) is 23.2 Å². The molecule has 0 aliphatic heterocycles. The number of nitrogens with one attached hydrogen (secondary N) is 2. The number of benzene rings is 1. The van der Waals surface area contributed by atoms with Crippen molar-refractivity contribution in [1.82, 2.24) is 4.98 Å². The van der Waals surface area contributed by atoms with Crippen molar-refractivity contribution in [3.8, 4) is 6.07 Å². The van der Waals surface area contributed by atoms with Crippen LogP contribution in [0.5, 0.6) is 0 Å². The first kappa shape index (κ1) is 22.4. The number of aromatic amines is 1. The molecular weight excluding hydrogens is 390 g/mol. The SMILES string of the molecule is COC(=O)c1c(C)[nH]c(C(=O)[C@@H](C)OC(=O)c2ccc(NC(=O)CC#N)cc2)c1C. The molecule has 0 unspecified atom stereocenters. The maximum Gasteiger partial charge on any atom is 0.339 e. The monoisotopic (exact) mass is 411 g/mol. The summed E-state index contributed by atoms with van der Waals surface area (Å²) >= 11 is 0. The first-order chi connectivity index (χ1) is 14.2. The third-order valence-electron chi connectivity index (χ3n) is 4.37. The van der Waals surface area contributed by atoms with Crippen LogP contribution in [0.2, 0.25) is 0 Å². The van der Waals surface area contributed by atoms with Gasteiger partial charge in [-0.2, -0.15) is 5.26 Å². The number of carbonyl (C=O) groups excluding carboxylic acids is 4. The van der Waals surface area contributed by atoms with Crippen LogP contribution in [0.15, 0.2) is 24.3 Å². The average molecular weight is 411 g/mol. The number of hydrogen-bond acceptors (Lipinski definition) is 7. The van der Waals surface area contributed by atoms with E-state index in [1.54, 1.807) is 19.9 Å². The number of aromatic nitrogens is 1. The lowest BCUT2D eigenvalue weighted by molar-refractivity contribution is -0.115. The molecular formula is C21H21N3O6. The average Bonchev–Trinajstić information content (AvgIpc) is 3.01. The number of H-pyrrole nitrogens is 1. The molecule has 156 valence electrons. The first-order valence-electron chi connectivity index (χ1n) is 8.99. The number of ketones is 1. The first-order valence-corrected chi connectivity index (χ1v) is 8.99. The van der Waals surface area contributed by atoms with Crippen molar-refractivity contribution < 1.29 is 28.7 Å². The summed E-state index contributed by atoms with van der Waals surface area (Å²) in [6.07, 6.45) is -1.38. The number of nitriles is 1. The van der Waals surface area contributed by atoms with Crippen LogP contribution in [0.1, 0.15) is 55.8 Å². The quantitative estimate of drug-likeness (QED) is 0.527. The summed E-state index contributed by atoms with van der Waals surface area (Å²) in [6, 6.07) is 7.57. The minimum Gasteiger partial charge on any atom is -0.465 e. The second-order valence-electron chi connectivity index (χ2n) is 6.49. The highest BCUT2D eigenvalue weighted by Gasteiger charge is 2.27. The number of carbonyl (C=O) groups is 4. The Balaban J connectivity index is 2.09. The fraction of sp³-hybridized carbons (Fsp3) is 0.286. The highest BCUT2D eigenvalue weighted by Crippen LogP contribution is 2.21. The molecule has 1 aromatic carbocycles. The Kier molecular flexibility index (Phi) is 7.09. The molecule has 0 aliphatic rings. The van der Waals surface area contributed by atoms with E-state index in [4.69, 9.17) is 14.7 Å². The van der Waals surface area contributed by atoms with Crippen LogP contribution in [0, 0.1) is 25.2 Å². The summed E-state index contributed by atoms with van der Waals surface area (Å²) in [5.41, 5.74) is 1.95. The predicted octanol–water partition coefficient (Wildman–Crippen LogP) is 2.70. The molecule has 0 bridgehead atoms. The van der Waals surface area contributed by atoms with Crippen molar-refractivity contribution >= 4 is 29.3 Å². The van der Waals surface area contributed by atoms with Gasteiger partial charge < -0.3 is 19.8 Å². The minimum atomic E-state index is -1.10. The van der Waals surface area contributed by atoms with Gasteiger partial charge in [0.05, 0.1) is 30.0 Å². The lowest BCUT2D eigenvalue weighted by Crippen LogP contribution is -2.25. The number of methoxy groups -OCH3 is 1. The third-order valence-corrected chi connectivity index (χ3v) is 4.37. The maximum absolute atomic E-state index is 12.7. The van der Waals surface area contributed by atoms with Crippen LogP contribution in [0.25, 0.3) is 0 Å². The number of rotatable bonds is 7. The Morgan fingerprint density at radius 3 is 2.33 bits per heavy atom. The van der Waals surface area contributed by atoms with E-state index in [1.807, 2.05) is 0 Å². The van der Waals surface area contributed by atoms with Gasteiger partial charge in [-0.1, -0.05) is 0 Å². The maximum atomic E-state index is 12.7. The van der Waals surface area contributed by atoms with E-state index in [0.717, 1.165) is 0 Å². The molecule has 1 atom stereocenters. The normalized spacial score (nSPS) is 11.2. The van der Waals surface area contributed by atoms with Gasteiger partial charge in [-0.3, -0.25) is 9.59 Å². The fourth-order valence-electron chi connectivity index (χ4n) is 2.86. The van der Waals surface area contributed by atoms with Crippen LogP contribution in [-0.4, -0.2) is 41.8 Å². The number of amides is 1. The van der Waals surface area contributed by atoms with Gasteiger partial charge in [0.2, 0.25) is 11.7 Å². The molecule has 9 nitrogen and oxygen atoms in total. The summed E-state index contributed by atoms with van der Waals surface area (Å²) in [5, 5.41) is 11.0. The Hall–Kier alpha value is -3.93. The molecule has 0 aliphatic carbocycles. The highest BCUT2D eigenvalue weighted by atomic mass is 16.5. The van der Waals surface area contributed by atoms with Gasteiger partial charge in [0.25, 0.3) is 0 Å². The molecule has 30 heavy (non-hydrogen) atoms. The lowest BCUT2D eigenvalue weighted by Gasteiger charge is -2.12. The standard InChI is InChI=1S/C21H21N3O6/c1-11-17(21(28)29-4)12(2)23-18(11)19(26)13(3)30-20(27)14-5-7-15(8-6-14)24-16(25)9-10-22/h5-8,13,23H,9H2,1-4H3,(H,24,25)/t13-/m1/s1. The largest absolute Gasteiger partial charge is 0.465 e. The molecule has 0 spiro atoms. The number of hydrogen-bond donors (Lipinski definition) is 2. The van der Waals surface area contributed by atoms with Crippen LogP contribution in [0.3, 0.4) is 0 Å². The van der Waals surface area contributed by atoms with Crippen molar-refractivity contribution in [2.45, 2.75) is 33.3 Å². The zero-order chi connectivity index (χ0) is 22.4. The summed E-state index contributed by atoms with van der Waals surface area (Å²) in [4.78, 5) is 51.2. The van der Waals surface area contributed by atoms with Gasteiger partial charge in [0.15, 0.2) is 6.10 Å². The number of aryl methyl sites for hydroxylation is 1. The molecule has 2 N–H and O–H groups in total. The van der Waals surface area contributed by atoms with Crippen LogP contribution in [-0.2, 0) is 14.3 Å². The van der Waals surface area contributed by atoms with Crippen LogP contribution < -0.4 is 5.32 Å². The molecule has 2 aromatic rings. The number of ether oxygens (including phenoxy) is 2. The van der Waals surface area contributed by atoms with Crippen LogP contribution >= 0.6 is 0 Å². The molecule has 0 radical (unpaired) electrons. The zero-order valence-corrected chi connectivity index (χ0v) is 17.0. The summed E-state index contributed by atoms with van der Waals surface area (Å²) in [5.74, 6) is -2.23. The Bertz CT molecular complexity index is 1030. The summed E-state index contributed by atoms with van der Waals surface area (Å²) in [6.45, 7) is 4.69. The topological polar surface area (TPSA) is 138 Å². The van der Waals surface area contributed by atoms with E-state index in [0.29, 0.717) is 16.9 Å². The fourth-order valence-corrected chi connectivity index (χ4v) is 2.86. The number of anilines is 1. The van der Waals surface area contributed by atoms with E-state index < -0.39 is 29.7 Å². The van der Waals surface area contributed by atoms with Crippen molar-refractivity contribution in [2.24, 2.45) is 0 Å². The third kappa shape index (κ3) is 4.91. The molecule has 1 amide bonds. The van der Waals surface area contributed by atoms with Crippen LogP contribution in [0.4, 0.5) is 5.69 Å². The summed E-state index contributed by atoms with van der Waals surface area (Å²) < 4.78 is 9.97. The van der Waals surface area contributed by atoms with E-state index >= 15 is 0 Å². The van der Waals surface area contributed by atoms with Crippen molar-refractivity contribution in [3.63, 3.8) is 0 Å². The smallest absolute Gasteiger partial charge is 0.339 e. The molecule has 9 heteroatoms. The second kappa shape index (κ2) is 9.52. The Morgan fingerprint density at radius 2 is 1.77 bits per heavy atom. The molecule has 0 saturated carbocycles. The van der Waals surface area contributed by atoms with Crippen molar-refractivity contribution in [1.29, 1.82) is 5.26 Å². The van der Waals surface area contributed by atoms with Crippen molar-refractivity contribution in [3.05, 3.63) is 52.3 Å². The molecule has 0 saturated heterocycles. The molecule has 0 fully saturated rings. The summed E-state index contributed by atoms with van der Waals surface area (Å²) in [7, 11) is 1.25. The van der Waals surface area contributed by atoms with E-state index in [2.05, 4.69) is 10.3 Å². The number of Topliss-reactive ketones (excluding diaryl/α,β-unsaturated/α-hetero) is 1. The Labute approximate surface area is 173 Å². The number of nitrogens with zero attached hydrogens (tertiary/aromatic N) is 1. The van der Waals surface area contributed by atoms with Gasteiger partial charge in [0, 0.05) is 11.4 Å². The van der Waals surface area contributed by atoms with E-state index in [1.165, 1.54) is 38.3 Å². The Morgan fingerprint density at radius 1 is 1.13 bits per heavy atom. The highest BCUT2D eigenvalue weighted by molar-refractivity contribution is 6.04. The van der Waals surface area contributed by atoms with Gasteiger partial charge in [-0.25, -0.2) is 9.59 Å². The van der Waals surface area contributed by atoms with Crippen molar-refractivity contribution in [2.75, 3.05) is 12.4 Å². The lowest BCUT2D eigenvalue weighted by atomic mass is 10.1.